The van der Waals surface area contributed by atoms with Crippen LogP contribution in [0.2, 0.25) is 0 Å². The van der Waals surface area contributed by atoms with E-state index in [1.807, 2.05) is 0 Å². The number of rotatable bonds is 1. The van der Waals surface area contributed by atoms with E-state index in [1.54, 1.807) is 43.6 Å². The zero-order chi connectivity index (χ0) is 13.2. The van der Waals surface area contributed by atoms with E-state index >= 15 is 0 Å². The van der Waals surface area contributed by atoms with Crippen LogP contribution in [0, 0.1) is 0 Å². The minimum Gasteiger partial charge on any atom is -0.444 e. The summed E-state index contributed by atoms with van der Waals surface area (Å²) in [7, 11) is 0. The predicted molar refractivity (Wildman–Crippen MR) is 68.4 cm³/mol. The Morgan fingerprint density at radius 1 is 1.47 bits per heavy atom. The molecule has 5 nitrogen and oxygen atoms in total. The van der Waals surface area contributed by atoms with Crippen LogP contribution in [-0.4, -0.2) is 41.3 Å². The van der Waals surface area contributed by atoms with Crippen molar-refractivity contribution in [2.75, 3.05) is 6.54 Å². The van der Waals surface area contributed by atoms with Gasteiger partial charge in [-0.25, -0.2) is 9.18 Å². The summed E-state index contributed by atoms with van der Waals surface area (Å²) in [6.07, 6.45) is -1.81. The van der Waals surface area contributed by atoms with Gasteiger partial charge in [0.25, 0.3) is 5.91 Å². The van der Waals surface area contributed by atoms with Crippen molar-refractivity contribution in [1.29, 1.82) is 0 Å². The van der Waals surface area contributed by atoms with E-state index in [1.165, 1.54) is 0 Å². The van der Waals surface area contributed by atoms with E-state index in [2.05, 4.69) is 3.53 Å². The molecule has 98 valence electrons. The van der Waals surface area contributed by atoms with Crippen molar-refractivity contribution in [3.63, 3.8) is 0 Å². The average molecular weight is 358 g/mol. The fourth-order valence-electron chi connectivity index (χ4n) is 1.62. The van der Waals surface area contributed by atoms with E-state index in [0.717, 1.165) is 4.90 Å². The van der Waals surface area contributed by atoms with Gasteiger partial charge >= 0.3 is 6.09 Å². The molecule has 1 N–H and O–H groups in total. The molecule has 0 spiro atoms. The average Bonchev–Trinajstić information content (AvgIpc) is 2.56. The molecular weight excluding hydrogens is 342 g/mol. The zero-order valence-electron chi connectivity index (χ0n) is 10.00. The molecule has 2 atom stereocenters. The summed E-state index contributed by atoms with van der Waals surface area (Å²) >= 11 is 1.67. The van der Waals surface area contributed by atoms with Crippen molar-refractivity contribution in [1.82, 2.24) is 8.43 Å². The van der Waals surface area contributed by atoms with E-state index in [4.69, 9.17) is 4.74 Å². The number of hydrogen-bond acceptors (Lipinski definition) is 3. The van der Waals surface area contributed by atoms with Crippen LogP contribution < -0.4 is 3.53 Å². The number of hydrogen-bond donors (Lipinski definition) is 1. The van der Waals surface area contributed by atoms with Gasteiger partial charge in [-0.15, -0.1) is 0 Å². The molecule has 1 aliphatic rings. The highest BCUT2D eigenvalue weighted by molar-refractivity contribution is 14.1. The van der Waals surface area contributed by atoms with Gasteiger partial charge in [-0.3, -0.25) is 13.2 Å². The maximum atomic E-state index is 13.3. The van der Waals surface area contributed by atoms with Gasteiger partial charge in [0.15, 0.2) is 0 Å². The minimum atomic E-state index is -1.18. The second-order valence-corrected chi connectivity index (χ2v) is 5.48. The number of alkyl halides is 1. The van der Waals surface area contributed by atoms with Gasteiger partial charge < -0.3 is 4.74 Å². The third-order valence-electron chi connectivity index (χ3n) is 2.27. The normalized spacial score (nSPS) is 24.6. The van der Waals surface area contributed by atoms with Gasteiger partial charge in [0.2, 0.25) is 0 Å². The number of nitrogens with one attached hydrogen (secondary N) is 1. The second kappa shape index (κ2) is 5.36. The summed E-state index contributed by atoms with van der Waals surface area (Å²) in [6, 6.07) is -0.781. The number of halogens is 2. The summed E-state index contributed by atoms with van der Waals surface area (Å²) < 4.78 is 20.8. The number of nitrogens with zero attached hydrogens (tertiary/aromatic N) is 1. The van der Waals surface area contributed by atoms with Crippen molar-refractivity contribution in [3.8, 4) is 0 Å². The molecule has 1 aliphatic heterocycles. The van der Waals surface area contributed by atoms with Gasteiger partial charge in [-0.2, -0.15) is 0 Å². The summed E-state index contributed by atoms with van der Waals surface area (Å²) in [5.74, 6) is -0.378. The lowest BCUT2D eigenvalue weighted by Gasteiger charge is -2.27. The molecule has 17 heavy (non-hydrogen) atoms. The maximum absolute atomic E-state index is 13.3. The fraction of sp³-hybridized carbons (Fsp3) is 0.800. The van der Waals surface area contributed by atoms with Crippen LogP contribution in [0.5, 0.6) is 0 Å². The number of amides is 2. The molecule has 0 bridgehead atoms. The van der Waals surface area contributed by atoms with Crippen LogP contribution in [0.1, 0.15) is 27.2 Å². The van der Waals surface area contributed by atoms with Gasteiger partial charge in [-0.1, -0.05) is 0 Å². The second-order valence-electron chi connectivity index (χ2n) is 4.94. The fourth-order valence-corrected chi connectivity index (χ4v) is 1.98. The molecule has 0 aromatic rings. The first-order valence-corrected chi connectivity index (χ1v) is 6.36. The Morgan fingerprint density at radius 2 is 2.06 bits per heavy atom. The van der Waals surface area contributed by atoms with Crippen molar-refractivity contribution >= 4 is 34.9 Å². The highest BCUT2D eigenvalue weighted by Crippen LogP contribution is 2.23. The molecule has 7 heteroatoms. The Hall–Kier alpha value is -0.600. The van der Waals surface area contributed by atoms with Crippen LogP contribution in [0.15, 0.2) is 0 Å². The van der Waals surface area contributed by atoms with E-state index in [0.29, 0.717) is 0 Å². The maximum Gasteiger partial charge on any atom is 0.411 e. The van der Waals surface area contributed by atoms with Crippen LogP contribution >= 0.6 is 22.9 Å². The van der Waals surface area contributed by atoms with Crippen molar-refractivity contribution in [2.45, 2.75) is 45.0 Å². The molecular formula is C10H16FIN2O3. The number of carbonyl (C=O) groups excluding carboxylic acids is 2. The third kappa shape index (κ3) is 3.97. The number of likely N-dealkylation sites (tertiary alicyclic amines) is 1. The van der Waals surface area contributed by atoms with Gasteiger partial charge in [0, 0.05) is 6.42 Å². The van der Waals surface area contributed by atoms with E-state index in [9.17, 15) is 14.0 Å². The molecule has 0 aromatic heterocycles. The SMILES string of the molecule is CC(C)(C)OC(=O)N1C[C@@H](F)C[C@H]1C(=O)NI. The standard InChI is InChI=1S/C10H16FIN2O3/c1-10(2,3)17-9(16)14-5-6(11)4-7(14)8(15)13-12/h6-7H,4-5H2,1-3H3,(H,13,15)/t6-,7-/m0/s1. The molecule has 1 heterocycles. The Morgan fingerprint density at radius 3 is 2.53 bits per heavy atom. The molecule has 0 aromatic carbocycles. The van der Waals surface area contributed by atoms with Crippen molar-refractivity contribution in [2.24, 2.45) is 0 Å². The van der Waals surface area contributed by atoms with Crippen LogP contribution in [-0.2, 0) is 9.53 Å². The molecule has 0 aliphatic carbocycles. The van der Waals surface area contributed by atoms with Crippen molar-refractivity contribution in [3.05, 3.63) is 0 Å². The van der Waals surface area contributed by atoms with Crippen LogP contribution in [0.3, 0.4) is 0 Å². The number of carbonyl (C=O) groups is 2. The summed E-state index contributed by atoms with van der Waals surface area (Å²) in [4.78, 5) is 24.4. The van der Waals surface area contributed by atoms with Gasteiger partial charge in [0.05, 0.1) is 29.4 Å². The highest BCUT2D eigenvalue weighted by Gasteiger charge is 2.41. The molecule has 1 fully saturated rings. The van der Waals surface area contributed by atoms with Crippen LogP contribution in [0.4, 0.5) is 9.18 Å². The van der Waals surface area contributed by atoms with E-state index in [-0.39, 0.29) is 18.9 Å². The lowest BCUT2D eigenvalue weighted by atomic mass is 10.2. The predicted octanol–water partition coefficient (Wildman–Crippen LogP) is 1.80. The van der Waals surface area contributed by atoms with Crippen LogP contribution in [0.25, 0.3) is 0 Å². The molecule has 2 amide bonds. The highest BCUT2D eigenvalue weighted by atomic mass is 127. The van der Waals surface area contributed by atoms with Gasteiger partial charge in [-0.05, 0) is 20.8 Å². The first-order valence-electron chi connectivity index (χ1n) is 5.29. The van der Waals surface area contributed by atoms with E-state index < -0.39 is 23.9 Å². The lowest BCUT2D eigenvalue weighted by molar-refractivity contribution is -0.123. The topological polar surface area (TPSA) is 58.6 Å². The molecule has 0 saturated carbocycles. The van der Waals surface area contributed by atoms with Crippen molar-refractivity contribution < 1.29 is 18.7 Å². The molecule has 0 radical (unpaired) electrons. The summed E-state index contributed by atoms with van der Waals surface area (Å²) in [5.41, 5.74) is -0.656. The summed E-state index contributed by atoms with van der Waals surface area (Å²) in [5, 5.41) is 0. The monoisotopic (exact) mass is 358 g/mol. The Labute approximate surface area is 114 Å². The first-order chi connectivity index (χ1) is 7.74. The zero-order valence-corrected chi connectivity index (χ0v) is 12.2. The first kappa shape index (κ1) is 14.5. The smallest absolute Gasteiger partial charge is 0.411 e. The third-order valence-corrected chi connectivity index (χ3v) is 2.81. The lowest BCUT2D eigenvalue weighted by Crippen LogP contribution is -2.45. The molecule has 1 rings (SSSR count). The minimum absolute atomic E-state index is 0.0219. The quantitative estimate of drug-likeness (QED) is 0.575. The summed E-state index contributed by atoms with van der Waals surface area (Å²) in [6.45, 7) is 5.08. The largest absolute Gasteiger partial charge is 0.444 e. The van der Waals surface area contributed by atoms with Gasteiger partial charge in [0.1, 0.15) is 17.8 Å². The molecule has 0 unspecified atom stereocenters. The molecule has 1 saturated heterocycles. The Bertz CT molecular complexity index is 319. The number of ether oxygens (including phenoxy) is 1. The Balaban J connectivity index is 2.73. The Kier molecular flexibility index (Phi) is 4.56.